The molecule has 2 atom stereocenters. The van der Waals surface area contributed by atoms with Gasteiger partial charge < -0.3 is 19.7 Å². The molecule has 0 heterocycles. The normalized spacial score (nSPS) is 19.0. The van der Waals surface area contributed by atoms with Crippen molar-refractivity contribution in [3.05, 3.63) is 21.8 Å². The first-order valence-corrected chi connectivity index (χ1v) is 9.12. The Labute approximate surface area is 154 Å². The van der Waals surface area contributed by atoms with E-state index in [1.807, 2.05) is 0 Å². The van der Waals surface area contributed by atoms with Crippen molar-refractivity contribution in [2.45, 2.75) is 83.2 Å². The molecule has 0 aromatic rings. The summed E-state index contributed by atoms with van der Waals surface area (Å²) in [6.45, 7) is 4.14. The van der Waals surface area contributed by atoms with Gasteiger partial charge in [-0.05, 0) is 39.7 Å². The minimum absolute atomic E-state index is 0.0680. The number of nitro groups is 1. The summed E-state index contributed by atoms with van der Waals surface area (Å²) in [5.41, 5.74) is -0.676. The van der Waals surface area contributed by atoms with Gasteiger partial charge in [0, 0.05) is 16.9 Å². The summed E-state index contributed by atoms with van der Waals surface area (Å²) >= 11 is 0. The number of hydrogen-bond acceptors (Lipinski definition) is 7. The van der Waals surface area contributed by atoms with E-state index in [-0.39, 0.29) is 18.1 Å². The number of rotatable bonds is 9. The highest BCUT2D eigenvalue weighted by Gasteiger charge is 2.27. The molecule has 26 heavy (non-hydrogen) atoms. The van der Waals surface area contributed by atoms with Gasteiger partial charge in [0.2, 0.25) is 6.54 Å². The first-order valence-electron chi connectivity index (χ1n) is 9.12. The number of carbonyl (C=O) groups excluding carboxylic acids is 1. The van der Waals surface area contributed by atoms with Crippen molar-refractivity contribution >= 4 is 5.97 Å². The van der Waals surface area contributed by atoms with Crippen LogP contribution in [0.5, 0.6) is 0 Å². The number of esters is 1. The van der Waals surface area contributed by atoms with Crippen LogP contribution >= 0.6 is 0 Å². The van der Waals surface area contributed by atoms with Gasteiger partial charge in [-0.2, -0.15) is 0 Å². The zero-order valence-corrected chi connectivity index (χ0v) is 15.8. The number of carbonyl (C=O) groups is 1. The maximum absolute atomic E-state index is 12.4. The highest BCUT2D eigenvalue weighted by Crippen LogP contribution is 2.24. The molecular formula is C18H31NO7. The number of aliphatic hydroxyl groups excluding tert-OH is 2. The molecule has 2 unspecified atom stereocenters. The molecule has 8 heteroatoms. The van der Waals surface area contributed by atoms with E-state index in [0.29, 0.717) is 0 Å². The SMILES string of the molecule is CC(C)(C)OC(=O)C(=CC(OC1CCCCC1)C(O)CO)CC[N+](=O)[O-]. The Morgan fingerprint density at radius 3 is 2.42 bits per heavy atom. The van der Waals surface area contributed by atoms with E-state index in [1.165, 1.54) is 6.08 Å². The quantitative estimate of drug-likeness (QED) is 0.274. The number of ether oxygens (including phenoxy) is 2. The van der Waals surface area contributed by atoms with Crippen molar-refractivity contribution in [2.24, 2.45) is 0 Å². The molecule has 0 spiro atoms. The average Bonchev–Trinajstić information content (AvgIpc) is 2.55. The molecule has 0 saturated heterocycles. The third kappa shape index (κ3) is 8.73. The third-order valence-corrected chi connectivity index (χ3v) is 4.06. The maximum Gasteiger partial charge on any atom is 0.334 e. The summed E-state index contributed by atoms with van der Waals surface area (Å²) in [5.74, 6) is -0.679. The van der Waals surface area contributed by atoms with Gasteiger partial charge in [0.25, 0.3) is 0 Å². The second-order valence-electron chi connectivity index (χ2n) is 7.61. The van der Waals surface area contributed by atoms with E-state index in [9.17, 15) is 25.1 Å². The topological polar surface area (TPSA) is 119 Å². The van der Waals surface area contributed by atoms with Crippen molar-refractivity contribution in [2.75, 3.05) is 13.2 Å². The molecule has 0 aromatic heterocycles. The van der Waals surface area contributed by atoms with Crippen molar-refractivity contribution in [3.63, 3.8) is 0 Å². The minimum Gasteiger partial charge on any atom is -0.457 e. The van der Waals surface area contributed by atoms with Crippen LogP contribution in [-0.2, 0) is 14.3 Å². The summed E-state index contributed by atoms with van der Waals surface area (Å²) in [6, 6.07) is 0. The first kappa shape index (κ1) is 22.5. The van der Waals surface area contributed by atoms with Crippen LogP contribution in [0.3, 0.4) is 0 Å². The molecule has 0 aromatic carbocycles. The highest BCUT2D eigenvalue weighted by atomic mass is 16.6. The Morgan fingerprint density at radius 2 is 1.92 bits per heavy atom. The second kappa shape index (κ2) is 10.6. The Hall–Kier alpha value is -1.51. The lowest BCUT2D eigenvalue weighted by molar-refractivity contribution is -0.479. The van der Waals surface area contributed by atoms with E-state index in [2.05, 4.69) is 0 Å². The second-order valence-corrected chi connectivity index (χ2v) is 7.61. The van der Waals surface area contributed by atoms with Crippen LogP contribution in [-0.4, -0.2) is 58.2 Å². The van der Waals surface area contributed by atoms with Crippen molar-refractivity contribution < 1.29 is 29.4 Å². The zero-order valence-electron chi connectivity index (χ0n) is 15.8. The average molecular weight is 373 g/mol. The van der Waals surface area contributed by atoms with Crippen LogP contribution in [0.25, 0.3) is 0 Å². The Bertz CT molecular complexity index is 492. The van der Waals surface area contributed by atoms with Gasteiger partial charge in [0.1, 0.15) is 17.8 Å². The van der Waals surface area contributed by atoms with Gasteiger partial charge in [-0.25, -0.2) is 4.79 Å². The molecule has 0 amide bonds. The molecule has 1 aliphatic rings. The molecule has 0 radical (unpaired) electrons. The molecule has 1 saturated carbocycles. The van der Waals surface area contributed by atoms with E-state index in [0.717, 1.165) is 32.1 Å². The van der Waals surface area contributed by atoms with Crippen LogP contribution < -0.4 is 0 Å². The first-order chi connectivity index (χ1) is 12.1. The minimum atomic E-state index is -1.22. The lowest BCUT2D eigenvalue weighted by atomic mass is 9.97. The highest BCUT2D eigenvalue weighted by molar-refractivity contribution is 5.88. The Kier molecular flexibility index (Phi) is 9.18. The predicted molar refractivity (Wildman–Crippen MR) is 95.2 cm³/mol. The van der Waals surface area contributed by atoms with Gasteiger partial charge in [-0.3, -0.25) is 10.1 Å². The smallest absolute Gasteiger partial charge is 0.334 e. The molecule has 8 nitrogen and oxygen atoms in total. The Balaban J connectivity index is 2.98. The molecule has 0 aliphatic heterocycles. The van der Waals surface area contributed by atoms with Crippen molar-refractivity contribution in [3.8, 4) is 0 Å². The number of hydrogen-bond donors (Lipinski definition) is 2. The summed E-state index contributed by atoms with van der Waals surface area (Å²) in [5, 5.41) is 30.1. The maximum atomic E-state index is 12.4. The number of aliphatic hydroxyl groups is 2. The van der Waals surface area contributed by atoms with E-state index < -0.39 is 41.9 Å². The van der Waals surface area contributed by atoms with Gasteiger partial charge in [0.05, 0.1) is 12.7 Å². The summed E-state index contributed by atoms with van der Waals surface area (Å²) in [4.78, 5) is 22.6. The van der Waals surface area contributed by atoms with E-state index >= 15 is 0 Å². The molecule has 2 N–H and O–H groups in total. The molecule has 1 aliphatic carbocycles. The molecule has 1 fully saturated rings. The molecular weight excluding hydrogens is 342 g/mol. The van der Waals surface area contributed by atoms with Crippen LogP contribution in [0.4, 0.5) is 0 Å². The Morgan fingerprint density at radius 1 is 1.31 bits per heavy atom. The lowest BCUT2D eigenvalue weighted by Gasteiger charge is -2.29. The van der Waals surface area contributed by atoms with Crippen molar-refractivity contribution in [1.82, 2.24) is 0 Å². The van der Waals surface area contributed by atoms with Crippen LogP contribution in [0, 0.1) is 10.1 Å². The summed E-state index contributed by atoms with van der Waals surface area (Å²) in [7, 11) is 0. The monoisotopic (exact) mass is 373 g/mol. The standard InChI is InChI=1S/C18H31NO7/c1-18(2,3)26-17(22)13(9-10-19(23)24)11-16(15(21)12-20)25-14-7-5-4-6-8-14/h11,14-16,20-21H,4-10,12H2,1-3H3. The van der Waals surface area contributed by atoms with Gasteiger partial charge >= 0.3 is 5.97 Å². The van der Waals surface area contributed by atoms with Crippen LogP contribution in [0.1, 0.15) is 59.3 Å². The van der Waals surface area contributed by atoms with Gasteiger partial charge in [-0.15, -0.1) is 0 Å². The van der Waals surface area contributed by atoms with Crippen molar-refractivity contribution in [1.29, 1.82) is 0 Å². The molecule has 0 bridgehead atoms. The fourth-order valence-corrected chi connectivity index (χ4v) is 2.78. The summed E-state index contributed by atoms with van der Waals surface area (Å²) < 4.78 is 11.2. The fraction of sp³-hybridized carbons (Fsp3) is 0.833. The van der Waals surface area contributed by atoms with Gasteiger partial charge in [-0.1, -0.05) is 19.3 Å². The summed E-state index contributed by atoms with van der Waals surface area (Å²) in [6.07, 6.45) is 3.90. The van der Waals surface area contributed by atoms with Crippen LogP contribution in [0.2, 0.25) is 0 Å². The predicted octanol–water partition coefficient (Wildman–Crippen LogP) is 1.99. The lowest BCUT2D eigenvalue weighted by Crippen LogP contribution is -2.36. The van der Waals surface area contributed by atoms with Gasteiger partial charge in [0.15, 0.2) is 0 Å². The van der Waals surface area contributed by atoms with E-state index in [1.54, 1.807) is 20.8 Å². The third-order valence-electron chi connectivity index (χ3n) is 4.06. The molecule has 1 rings (SSSR count). The zero-order chi connectivity index (χ0) is 19.7. The van der Waals surface area contributed by atoms with E-state index in [4.69, 9.17) is 9.47 Å². The van der Waals surface area contributed by atoms with Crippen LogP contribution in [0.15, 0.2) is 11.6 Å². The fourth-order valence-electron chi connectivity index (χ4n) is 2.78. The number of nitrogens with zero attached hydrogens (tertiary/aromatic N) is 1. The largest absolute Gasteiger partial charge is 0.457 e. The molecule has 150 valence electrons.